The van der Waals surface area contributed by atoms with Crippen LogP contribution < -0.4 is 10.6 Å². The summed E-state index contributed by atoms with van der Waals surface area (Å²) in [6.07, 6.45) is -2.44. The normalized spacial score (nSPS) is 12.0. The number of rotatable bonds is 6. The molecule has 1 aromatic carbocycles. The maximum atomic E-state index is 13.3. The molecule has 0 heterocycles. The molecule has 1 aromatic rings. The van der Waals surface area contributed by atoms with Gasteiger partial charge in [-0.05, 0) is 24.6 Å². The van der Waals surface area contributed by atoms with Crippen molar-refractivity contribution in [3.63, 3.8) is 0 Å². The van der Waals surface area contributed by atoms with Gasteiger partial charge in [-0.15, -0.1) is 24.0 Å². The van der Waals surface area contributed by atoms with Gasteiger partial charge in [-0.1, -0.05) is 26.0 Å². The van der Waals surface area contributed by atoms with Crippen LogP contribution in [0.3, 0.4) is 0 Å². The minimum absolute atomic E-state index is 0. The number of nitrogens with zero attached hydrogens (tertiary/aromatic N) is 1. The minimum Gasteiger partial charge on any atom is -0.357 e. The number of benzene rings is 1. The van der Waals surface area contributed by atoms with Gasteiger partial charge in [0.15, 0.2) is 5.96 Å². The lowest BCUT2D eigenvalue weighted by Gasteiger charge is -2.24. The predicted octanol–water partition coefficient (Wildman–Crippen LogP) is 3.54. The van der Waals surface area contributed by atoms with Crippen molar-refractivity contribution in [2.75, 3.05) is 19.6 Å². The van der Waals surface area contributed by atoms with E-state index in [1.165, 1.54) is 12.1 Å². The van der Waals surface area contributed by atoms with Crippen LogP contribution in [0.2, 0.25) is 0 Å². The van der Waals surface area contributed by atoms with Gasteiger partial charge < -0.3 is 10.6 Å². The van der Waals surface area contributed by atoms with Crippen LogP contribution in [-0.2, 0) is 5.41 Å². The van der Waals surface area contributed by atoms with E-state index < -0.39 is 18.4 Å². The Morgan fingerprint density at radius 2 is 1.95 bits per heavy atom. The average Bonchev–Trinajstić information content (AvgIpc) is 2.42. The second-order valence-corrected chi connectivity index (χ2v) is 5.36. The lowest BCUT2D eigenvalue weighted by atomic mass is 9.85. The second kappa shape index (κ2) is 9.91. The van der Waals surface area contributed by atoms with Crippen LogP contribution in [0.1, 0.15) is 26.3 Å². The maximum absolute atomic E-state index is 13.3. The number of alkyl halides is 2. The Balaban J connectivity index is 0.00000441. The standard InChI is InChI=1S/C15H22F3N3.HI/c1-4-19-14(20-9-13(17)18)21-10-15(2,3)11-6-5-7-12(16)8-11;/h5-8,13H,4,9-10H2,1-3H3,(H2,19,20,21);1H. The van der Waals surface area contributed by atoms with Gasteiger partial charge >= 0.3 is 0 Å². The van der Waals surface area contributed by atoms with Crippen molar-refractivity contribution < 1.29 is 13.2 Å². The molecule has 0 saturated heterocycles. The van der Waals surface area contributed by atoms with Crippen LogP contribution in [0.4, 0.5) is 13.2 Å². The molecule has 0 saturated carbocycles. The fourth-order valence-electron chi connectivity index (χ4n) is 1.79. The van der Waals surface area contributed by atoms with Crippen LogP contribution in [0, 0.1) is 5.82 Å². The molecule has 0 bridgehead atoms. The third-order valence-electron chi connectivity index (χ3n) is 3.01. The molecule has 0 aromatic heterocycles. The zero-order chi connectivity index (χ0) is 15.9. The van der Waals surface area contributed by atoms with Gasteiger partial charge in [0.05, 0.1) is 13.1 Å². The van der Waals surface area contributed by atoms with Crippen LogP contribution in [0.15, 0.2) is 29.3 Å². The van der Waals surface area contributed by atoms with E-state index in [0.29, 0.717) is 19.0 Å². The zero-order valence-corrected chi connectivity index (χ0v) is 15.3. The summed E-state index contributed by atoms with van der Waals surface area (Å²) in [5.41, 5.74) is 0.422. The SMILES string of the molecule is CCNC(=NCC(C)(C)c1cccc(F)c1)NCC(F)F.I. The Hall–Kier alpha value is -0.990. The fraction of sp³-hybridized carbons (Fsp3) is 0.533. The van der Waals surface area contributed by atoms with E-state index in [9.17, 15) is 13.2 Å². The zero-order valence-electron chi connectivity index (χ0n) is 13.0. The molecule has 22 heavy (non-hydrogen) atoms. The summed E-state index contributed by atoms with van der Waals surface area (Å²) in [4.78, 5) is 4.30. The first kappa shape index (κ1) is 21.0. The lowest BCUT2D eigenvalue weighted by molar-refractivity contribution is 0.152. The largest absolute Gasteiger partial charge is 0.357 e. The topological polar surface area (TPSA) is 36.4 Å². The summed E-state index contributed by atoms with van der Waals surface area (Å²) in [6, 6.07) is 6.33. The summed E-state index contributed by atoms with van der Waals surface area (Å²) in [5.74, 6) is 0.0366. The molecule has 0 aliphatic heterocycles. The Labute approximate surface area is 146 Å². The van der Waals surface area contributed by atoms with Gasteiger partial charge in [-0.2, -0.15) is 0 Å². The van der Waals surface area contributed by atoms with E-state index in [1.807, 2.05) is 26.8 Å². The predicted molar refractivity (Wildman–Crippen MR) is 94.8 cm³/mol. The van der Waals surface area contributed by atoms with Crippen molar-refractivity contribution in [3.8, 4) is 0 Å². The molecule has 126 valence electrons. The Morgan fingerprint density at radius 1 is 1.27 bits per heavy atom. The number of aliphatic imine (C=N–C) groups is 1. The van der Waals surface area contributed by atoms with Gasteiger partial charge in [0, 0.05) is 12.0 Å². The highest BCUT2D eigenvalue weighted by atomic mass is 127. The third kappa shape index (κ3) is 7.33. The number of hydrogen-bond acceptors (Lipinski definition) is 1. The highest BCUT2D eigenvalue weighted by molar-refractivity contribution is 14.0. The van der Waals surface area contributed by atoms with E-state index >= 15 is 0 Å². The summed E-state index contributed by atoms with van der Waals surface area (Å²) in [6.45, 7) is 6.21. The fourth-order valence-corrected chi connectivity index (χ4v) is 1.79. The smallest absolute Gasteiger partial charge is 0.255 e. The Kier molecular flexibility index (Phi) is 9.47. The molecule has 2 N–H and O–H groups in total. The molecular formula is C15H23F3IN3. The van der Waals surface area contributed by atoms with E-state index in [1.54, 1.807) is 6.07 Å². The molecule has 0 aliphatic carbocycles. The number of guanidine groups is 1. The second-order valence-electron chi connectivity index (χ2n) is 5.36. The van der Waals surface area contributed by atoms with Crippen molar-refractivity contribution in [3.05, 3.63) is 35.6 Å². The number of hydrogen-bond donors (Lipinski definition) is 2. The molecule has 0 radical (unpaired) electrons. The number of halogens is 4. The first-order valence-corrected chi connectivity index (χ1v) is 6.91. The summed E-state index contributed by atoms with van der Waals surface area (Å²) in [7, 11) is 0. The van der Waals surface area contributed by atoms with Gasteiger partial charge in [-0.25, -0.2) is 13.2 Å². The molecule has 1 rings (SSSR count). The molecule has 0 amide bonds. The summed E-state index contributed by atoms with van der Waals surface area (Å²) < 4.78 is 37.7. The lowest BCUT2D eigenvalue weighted by Crippen LogP contribution is -2.40. The maximum Gasteiger partial charge on any atom is 0.255 e. The van der Waals surface area contributed by atoms with Crippen molar-refractivity contribution in [1.82, 2.24) is 10.6 Å². The molecule has 7 heteroatoms. The molecular weight excluding hydrogens is 406 g/mol. The van der Waals surface area contributed by atoms with Crippen molar-refractivity contribution in [1.29, 1.82) is 0 Å². The van der Waals surface area contributed by atoms with Crippen LogP contribution in [-0.4, -0.2) is 32.0 Å². The van der Waals surface area contributed by atoms with E-state index in [2.05, 4.69) is 15.6 Å². The highest BCUT2D eigenvalue weighted by Crippen LogP contribution is 2.24. The van der Waals surface area contributed by atoms with Crippen LogP contribution >= 0.6 is 24.0 Å². The highest BCUT2D eigenvalue weighted by Gasteiger charge is 2.21. The van der Waals surface area contributed by atoms with Gasteiger partial charge in [0.2, 0.25) is 0 Å². The number of nitrogens with one attached hydrogen (secondary N) is 2. The quantitative estimate of drug-likeness (QED) is 0.413. The van der Waals surface area contributed by atoms with Crippen molar-refractivity contribution in [2.24, 2.45) is 4.99 Å². The van der Waals surface area contributed by atoms with Gasteiger partial charge in [0.1, 0.15) is 5.82 Å². The third-order valence-corrected chi connectivity index (χ3v) is 3.01. The molecule has 0 aliphatic rings. The minimum atomic E-state index is -2.44. The first-order chi connectivity index (χ1) is 9.85. The van der Waals surface area contributed by atoms with Gasteiger partial charge in [-0.3, -0.25) is 4.99 Å². The molecule has 0 fully saturated rings. The first-order valence-electron chi connectivity index (χ1n) is 6.91. The van der Waals surface area contributed by atoms with Crippen LogP contribution in [0.25, 0.3) is 0 Å². The average molecular weight is 429 g/mol. The molecule has 0 spiro atoms. The summed E-state index contributed by atoms with van der Waals surface area (Å²) >= 11 is 0. The molecule has 0 unspecified atom stereocenters. The van der Waals surface area contributed by atoms with E-state index in [4.69, 9.17) is 0 Å². The molecule has 0 atom stereocenters. The Bertz CT molecular complexity index is 479. The van der Waals surface area contributed by atoms with Gasteiger partial charge in [0.25, 0.3) is 6.43 Å². The van der Waals surface area contributed by atoms with E-state index in [0.717, 1.165) is 5.56 Å². The Morgan fingerprint density at radius 3 is 2.50 bits per heavy atom. The monoisotopic (exact) mass is 429 g/mol. The summed E-state index contributed by atoms with van der Waals surface area (Å²) in [5, 5.41) is 5.48. The van der Waals surface area contributed by atoms with Crippen molar-refractivity contribution in [2.45, 2.75) is 32.6 Å². The molecule has 3 nitrogen and oxygen atoms in total. The van der Waals surface area contributed by atoms with E-state index in [-0.39, 0.29) is 29.8 Å². The van der Waals surface area contributed by atoms with Crippen LogP contribution in [0.5, 0.6) is 0 Å². The van der Waals surface area contributed by atoms with Crippen molar-refractivity contribution >= 4 is 29.9 Å².